The van der Waals surface area contributed by atoms with Gasteiger partial charge in [0.25, 0.3) is 0 Å². The first-order valence-electron chi connectivity index (χ1n) is 21.5. The third kappa shape index (κ3) is 16.2. The number of hydrogen-bond donors (Lipinski definition) is 9. The van der Waals surface area contributed by atoms with E-state index in [1.54, 1.807) is 34.6 Å². The van der Waals surface area contributed by atoms with Crippen LogP contribution in [0.3, 0.4) is 0 Å². The van der Waals surface area contributed by atoms with Gasteiger partial charge in [-0.25, -0.2) is 9.13 Å². The molecule has 63 heavy (non-hydrogen) atoms. The van der Waals surface area contributed by atoms with Gasteiger partial charge < -0.3 is 74.3 Å². The molecule has 0 aromatic rings. The van der Waals surface area contributed by atoms with Crippen LogP contribution < -0.4 is 0 Å². The number of likely N-dealkylation sites (tertiary alicyclic amines) is 2. The number of carbonyl (C=O) groups excluding carboxylic acids is 2. The molecule has 0 aliphatic carbocycles. The summed E-state index contributed by atoms with van der Waals surface area (Å²) in [4.78, 5) is 50.5. The Bertz CT molecular complexity index is 1540. The number of nitrogens with zero attached hydrogens (tertiary/aromatic N) is 2. The van der Waals surface area contributed by atoms with Gasteiger partial charge >= 0.3 is 15.6 Å². The van der Waals surface area contributed by atoms with Gasteiger partial charge in [0.05, 0.1) is 68.5 Å². The lowest BCUT2D eigenvalue weighted by Gasteiger charge is -2.40. The Labute approximate surface area is 367 Å². The molecule has 0 aromatic heterocycles. The smallest absolute Gasteiger partial charge is 0.394 e. The molecule has 4 saturated heterocycles. The largest absolute Gasteiger partial charge is 0.472 e. The van der Waals surface area contributed by atoms with E-state index in [4.69, 9.17) is 37.0 Å². The van der Waals surface area contributed by atoms with Crippen LogP contribution in [-0.4, -0.2) is 199 Å². The van der Waals surface area contributed by atoms with Crippen LogP contribution in [0.25, 0.3) is 0 Å². The molecule has 0 aromatic carbocycles. The maximum absolute atomic E-state index is 13.5. The highest BCUT2D eigenvalue weighted by atomic mass is 31.2. The van der Waals surface area contributed by atoms with Gasteiger partial charge in [0, 0.05) is 51.0 Å². The SMILES string of the molecule is CC1C(OCCCCC(=O)N2C[C@H](O)C[C@H]2COP(=O)(O)O[C@@H]2C[C@@H](COP(=O)(O)OC(C)(C)C)N(C(=O)CCCCOC3OC(CO)C(O)C(O)C3C)C2)OC(CO)C(O)C1O. The van der Waals surface area contributed by atoms with Gasteiger partial charge in [-0.15, -0.1) is 0 Å². The van der Waals surface area contributed by atoms with Crippen molar-refractivity contribution < 1.29 is 101 Å². The quantitative estimate of drug-likeness (QED) is 0.0461. The van der Waals surface area contributed by atoms with Gasteiger partial charge in [0.2, 0.25) is 11.8 Å². The van der Waals surface area contributed by atoms with E-state index in [1.165, 1.54) is 9.80 Å². The number of β-amino-alcohol motifs (C(OH)–C–C–N with tert-alkyl or cyclic N) is 1. The summed E-state index contributed by atoms with van der Waals surface area (Å²) in [6.07, 6.45) is -9.17. The normalized spacial score (nSPS) is 36.0. The van der Waals surface area contributed by atoms with Crippen molar-refractivity contribution in [3.05, 3.63) is 0 Å². The Balaban J connectivity index is 1.26. The van der Waals surface area contributed by atoms with Crippen LogP contribution in [0.4, 0.5) is 0 Å². The lowest BCUT2D eigenvalue weighted by molar-refractivity contribution is -0.282. The molecule has 16 atom stereocenters. The third-order valence-corrected chi connectivity index (χ3v) is 13.7. The van der Waals surface area contributed by atoms with Crippen molar-refractivity contribution >= 4 is 27.5 Å². The number of unbranched alkanes of at least 4 members (excludes halogenated alkanes) is 2. The van der Waals surface area contributed by atoms with Crippen LogP contribution in [0.15, 0.2) is 0 Å². The second kappa shape index (κ2) is 24.1. The Morgan fingerprint density at radius 3 is 1.57 bits per heavy atom. The van der Waals surface area contributed by atoms with Gasteiger partial charge in [-0.1, -0.05) is 13.8 Å². The molecule has 4 heterocycles. The summed E-state index contributed by atoms with van der Waals surface area (Å²) in [5.41, 5.74) is -1.04. The molecule has 2 amide bonds. The second-order valence-corrected chi connectivity index (χ2v) is 20.6. The maximum atomic E-state index is 13.5. The highest BCUT2D eigenvalue weighted by Gasteiger charge is 2.45. The van der Waals surface area contributed by atoms with E-state index < -0.39 is 139 Å². The highest BCUT2D eigenvalue weighted by Crippen LogP contribution is 2.49. The van der Waals surface area contributed by atoms with Gasteiger partial charge in [-0.2, -0.15) is 0 Å². The van der Waals surface area contributed by atoms with Crippen LogP contribution in [0.5, 0.6) is 0 Å². The number of aliphatic hydroxyl groups is 7. The molecule has 0 radical (unpaired) electrons. The van der Waals surface area contributed by atoms with Gasteiger partial charge in [0.15, 0.2) is 12.6 Å². The Morgan fingerprint density at radius 2 is 1.11 bits per heavy atom. The highest BCUT2D eigenvalue weighted by molar-refractivity contribution is 7.47. The third-order valence-electron chi connectivity index (χ3n) is 11.5. The van der Waals surface area contributed by atoms with Gasteiger partial charge in [0.1, 0.15) is 24.4 Å². The average Bonchev–Trinajstić information content (AvgIpc) is 3.79. The monoisotopic (exact) mass is 952 g/mol. The van der Waals surface area contributed by atoms with Crippen LogP contribution in [0.2, 0.25) is 0 Å². The molecule has 4 aliphatic rings. The van der Waals surface area contributed by atoms with E-state index in [0.29, 0.717) is 25.7 Å². The van der Waals surface area contributed by atoms with E-state index in [1.807, 2.05) is 0 Å². The van der Waals surface area contributed by atoms with Gasteiger partial charge in [-0.05, 0) is 59.3 Å². The molecule has 4 rings (SSSR count). The minimum atomic E-state index is -4.84. The number of phosphoric ester groups is 2. The standard InChI is InChI=1S/C38H70N2O21P2/c1-22-32(46)34(48)28(18-41)58-36(22)54-12-8-6-10-30(44)39-16-26(43)14-24(39)20-56-62(50,51)60-27-15-25(21-57-63(52,53)61-38(3,4)5)40(17-27)31(45)11-7-9-13-55-37-23(2)33(47)35(49)29(19-42)59-37/h22-29,32-37,41-43,46-49H,6-21H2,1-5H3,(H,50,51)(H,52,53)/t22?,23?,24-,25-,26+,27+,28?,29?,32?,33?,34?,35?,36?,37?/m0/s1. The summed E-state index contributed by atoms with van der Waals surface area (Å²) in [5, 5.41) is 69.9. The number of carbonyl (C=O) groups is 2. The molecule has 25 heteroatoms. The van der Waals surface area contributed by atoms with Crippen LogP contribution in [0.1, 0.15) is 86.0 Å². The van der Waals surface area contributed by atoms with Crippen molar-refractivity contribution in [3.63, 3.8) is 0 Å². The fourth-order valence-corrected chi connectivity index (χ4v) is 10.0. The number of aliphatic hydroxyl groups excluding tert-OH is 7. The van der Waals surface area contributed by atoms with Crippen LogP contribution >= 0.6 is 15.6 Å². The van der Waals surface area contributed by atoms with Crippen molar-refractivity contribution in [3.8, 4) is 0 Å². The number of hydrogen-bond acceptors (Lipinski definition) is 19. The van der Waals surface area contributed by atoms with Crippen molar-refractivity contribution in [2.45, 2.75) is 165 Å². The Hall–Kier alpha value is -1.28. The number of phosphoric acid groups is 2. The first-order chi connectivity index (χ1) is 29.5. The molecule has 368 valence electrons. The number of ether oxygens (including phenoxy) is 4. The molecule has 9 N–H and O–H groups in total. The van der Waals surface area contributed by atoms with E-state index in [2.05, 4.69) is 0 Å². The van der Waals surface area contributed by atoms with E-state index in [-0.39, 0.29) is 57.9 Å². The van der Waals surface area contributed by atoms with Gasteiger partial charge in [-0.3, -0.25) is 27.7 Å². The maximum Gasteiger partial charge on any atom is 0.472 e. The molecule has 12 unspecified atom stereocenters. The summed E-state index contributed by atoms with van der Waals surface area (Å²) < 4.78 is 69.7. The van der Waals surface area contributed by atoms with Crippen molar-refractivity contribution in [1.29, 1.82) is 0 Å². The lowest BCUT2D eigenvalue weighted by Crippen LogP contribution is -2.55. The van der Waals surface area contributed by atoms with E-state index in [0.717, 1.165) is 0 Å². The lowest BCUT2D eigenvalue weighted by atomic mass is 9.92. The van der Waals surface area contributed by atoms with Crippen molar-refractivity contribution in [2.75, 3.05) is 52.7 Å². The predicted octanol–water partition coefficient (Wildman–Crippen LogP) is -0.493. The van der Waals surface area contributed by atoms with Crippen LogP contribution in [0, 0.1) is 11.8 Å². The summed E-state index contributed by atoms with van der Waals surface area (Å²) in [6.45, 7) is 6.02. The first-order valence-corrected chi connectivity index (χ1v) is 24.5. The fraction of sp³-hybridized carbons (Fsp3) is 0.947. The molecule has 0 spiro atoms. The zero-order valence-corrected chi connectivity index (χ0v) is 38.4. The number of rotatable bonds is 23. The fourth-order valence-electron chi connectivity index (χ4n) is 7.98. The summed E-state index contributed by atoms with van der Waals surface area (Å²) in [6, 6.07) is -1.64. The molecule has 4 aliphatic heterocycles. The first kappa shape index (κ1) is 54.3. The average molecular weight is 953 g/mol. The predicted molar refractivity (Wildman–Crippen MR) is 217 cm³/mol. The topological polar surface area (TPSA) is 331 Å². The van der Waals surface area contributed by atoms with E-state index >= 15 is 0 Å². The summed E-state index contributed by atoms with van der Waals surface area (Å²) in [7, 11) is -9.43. The Morgan fingerprint density at radius 1 is 0.667 bits per heavy atom. The number of amides is 2. The minimum Gasteiger partial charge on any atom is -0.394 e. The molecule has 4 fully saturated rings. The minimum absolute atomic E-state index is 0.0218. The molecular formula is C38H70N2O21P2. The molecule has 0 bridgehead atoms. The zero-order chi connectivity index (χ0) is 46.9. The summed E-state index contributed by atoms with van der Waals surface area (Å²) in [5.74, 6) is -1.92. The molecule has 0 saturated carbocycles. The van der Waals surface area contributed by atoms with Crippen LogP contribution in [-0.2, 0) is 55.8 Å². The summed E-state index contributed by atoms with van der Waals surface area (Å²) >= 11 is 0. The van der Waals surface area contributed by atoms with Crippen molar-refractivity contribution in [2.24, 2.45) is 11.8 Å². The Kier molecular flexibility index (Phi) is 20.8. The molecular weight excluding hydrogens is 882 g/mol. The zero-order valence-electron chi connectivity index (χ0n) is 36.6. The second-order valence-electron chi connectivity index (χ2n) is 17.8. The van der Waals surface area contributed by atoms with E-state index in [9.17, 15) is 64.3 Å². The molecule has 23 nitrogen and oxygen atoms in total. The van der Waals surface area contributed by atoms with Crippen molar-refractivity contribution in [1.82, 2.24) is 9.80 Å².